The van der Waals surface area contributed by atoms with Crippen molar-refractivity contribution in [1.29, 1.82) is 0 Å². The number of H-pyrrole nitrogens is 1. The number of aromatic nitrogens is 10. The number of alkyl halides is 1. The highest BCUT2D eigenvalue weighted by Crippen LogP contribution is 2.50. The quantitative estimate of drug-likeness (QED) is 0.0971. The summed E-state index contributed by atoms with van der Waals surface area (Å²) >= 11 is 9.97. The van der Waals surface area contributed by atoms with E-state index in [9.17, 15) is 19.7 Å². The summed E-state index contributed by atoms with van der Waals surface area (Å²) < 4.78 is 45.9. The van der Waals surface area contributed by atoms with Crippen LogP contribution in [-0.2, 0) is 46.7 Å². The predicted octanol–water partition coefficient (Wildman–Crippen LogP) is -2.07. The minimum Gasteiger partial charge on any atom is -0.394 e. The van der Waals surface area contributed by atoms with Crippen molar-refractivity contribution >= 4 is 71.6 Å². The maximum atomic E-state index is 15.7. The van der Waals surface area contributed by atoms with E-state index in [-0.39, 0.29) is 40.5 Å². The molecule has 4 aromatic heterocycles. The molecule has 0 aliphatic carbocycles. The van der Waals surface area contributed by atoms with Gasteiger partial charge >= 0.3 is 6.72 Å². The van der Waals surface area contributed by atoms with Crippen molar-refractivity contribution in [2.75, 3.05) is 24.7 Å². The summed E-state index contributed by atoms with van der Waals surface area (Å²) in [5, 5.41) is 25.1. The topological polar surface area (TPSA) is 292 Å². The first-order valence-corrected chi connectivity index (χ1v) is 17.6. The van der Waals surface area contributed by atoms with Crippen LogP contribution in [0.3, 0.4) is 0 Å². The van der Waals surface area contributed by atoms with Crippen LogP contribution in [0.5, 0.6) is 0 Å². The molecule has 9 atom stereocenters. The highest BCUT2D eigenvalue weighted by Gasteiger charge is 2.50. The van der Waals surface area contributed by atoms with Gasteiger partial charge in [0, 0.05) is 6.42 Å². The molecule has 238 valence electrons. The molecule has 0 radical (unpaired) electrons. The zero-order valence-electron chi connectivity index (χ0n) is 21.9. The molecular formula is C18H23FN12O9P2S2. The lowest BCUT2D eigenvalue weighted by atomic mass is 10.1. The van der Waals surface area contributed by atoms with Gasteiger partial charge in [0.25, 0.3) is 5.56 Å². The van der Waals surface area contributed by atoms with Crippen LogP contribution in [0.25, 0.3) is 22.3 Å². The van der Waals surface area contributed by atoms with Gasteiger partial charge in [0.2, 0.25) is 5.95 Å². The van der Waals surface area contributed by atoms with E-state index in [4.69, 9.17) is 58.1 Å². The number of halogens is 1. The maximum absolute atomic E-state index is 15.7. The van der Waals surface area contributed by atoms with Gasteiger partial charge in [-0.1, -0.05) is 10.4 Å². The maximum Gasteiger partial charge on any atom is 0.325 e. The van der Waals surface area contributed by atoms with E-state index in [1.165, 1.54) is 0 Å². The molecule has 4 aromatic rings. The molecule has 0 amide bonds. The van der Waals surface area contributed by atoms with Gasteiger partial charge in [0.1, 0.15) is 24.6 Å². The summed E-state index contributed by atoms with van der Waals surface area (Å²) in [5.41, 5.74) is 10.8. The Morgan fingerprint density at radius 1 is 1.18 bits per heavy atom. The highest BCUT2D eigenvalue weighted by atomic mass is 32.5. The molecule has 2 fully saturated rings. The van der Waals surface area contributed by atoms with Crippen molar-refractivity contribution in [3.63, 3.8) is 0 Å². The molecule has 8 N–H and O–H groups in total. The SMILES string of the molecule is Nc1nc2c(nnn2[C@@H]2O[C@H](CO)C[C@H]2OP(O)(=S)OCC2O[C@@H](n3nnc4c(N)ncnc43)[C@@H](F)[C@@H]2O[PH](O)=S)c(=O)[nH]1. The molecule has 0 bridgehead atoms. The number of nitrogens with two attached hydrogens (primary N) is 2. The van der Waals surface area contributed by atoms with Crippen molar-refractivity contribution in [2.45, 2.75) is 49.5 Å². The van der Waals surface area contributed by atoms with Crippen LogP contribution in [0.2, 0.25) is 0 Å². The molecule has 0 spiro atoms. The fourth-order valence-corrected chi connectivity index (χ4v) is 7.07. The number of rotatable bonds is 10. The average molecular weight is 697 g/mol. The van der Waals surface area contributed by atoms with E-state index in [0.717, 1.165) is 15.7 Å². The zero-order valence-corrected chi connectivity index (χ0v) is 25.4. The number of nitrogens with zero attached hydrogens (tertiary/aromatic N) is 9. The Morgan fingerprint density at radius 3 is 2.64 bits per heavy atom. The van der Waals surface area contributed by atoms with Crippen LogP contribution in [0.1, 0.15) is 18.9 Å². The molecule has 0 aromatic carbocycles. The summed E-state index contributed by atoms with van der Waals surface area (Å²) in [6.07, 6.45) is -8.06. The van der Waals surface area contributed by atoms with Crippen molar-refractivity contribution in [3.8, 4) is 0 Å². The number of anilines is 2. The molecule has 3 unspecified atom stereocenters. The summed E-state index contributed by atoms with van der Waals surface area (Å²) in [7, 11) is -2.85. The van der Waals surface area contributed by atoms with Gasteiger partial charge in [-0.05, 0) is 23.6 Å². The molecule has 6 rings (SSSR count). The second-order valence-electron chi connectivity index (χ2n) is 9.46. The molecule has 21 nitrogen and oxygen atoms in total. The Morgan fingerprint density at radius 2 is 1.91 bits per heavy atom. The Labute approximate surface area is 254 Å². The van der Waals surface area contributed by atoms with Crippen molar-refractivity contribution in [2.24, 2.45) is 0 Å². The van der Waals surface area contributed by atoms with E-state index in [1.807, 2.05) is 0 Å². The average Bonchev–Trinajstić information content (AvgIpc) is 3.73. The number of aromatic amines is 1. The number of nitrogen functional groups attached to an aromatic ring is 2. The van der Waals surface area contributed by atoms with Gasteiger partial charge in [0.15, 0.2) is 53.9 Å². The third-order valence-electron chi connectivity index (χ3n) is 6.65. The van der Waals surface area contributed by atoms with Gasteiger partial charge in [-0.25, -0.2) is 14.4 Å². The lowest BCUT2D eigenvalue weighted by molar-refractivity contribution is -0.0600. The Balaban J connectivity index is 1.20. The van der Waals surface area contributed by atoms with Crippen LogP contribution in [0.4, 0.5) is 16.2 Å². The number of ether oxygens (including phenoxy) is 2. The molecule has 2 aliphatic heterocycles. The summed E-state index contributed by atoms with van der Waals surface area (Å²) in [6, 6.07) is 0. The standard InChI is InChI=1S/C18H23FN12O9P2S2/c19-8-11(39-41(34)43)7(38-17(8)30-13-9(26-28-30)12(20)22-4-23-13)3-36-42(35,44)40-6-1-5(2-32)37-16(6)31-14-10(27-29-31)15(33)25-18(21)24-14/h4-8,11,16-17,32,41H,1-3H2,(H,34,43)(H,35,44)(H2,20,22,23)(H3,21,24,25,33)/t5-,6+,7?,8-,11+,16+,17+,42?/m0/s1. The van der Waals surface area contributed by atoms with Gasteiger partial charge in [-0.2, -0.15) is 14.3 Å². The molecule has 26 heteroatoms. The smallest absolute Gasteiger partial charge is 0.325 e. The third kappa shape index (κ3) is 5.96. The van der Waals surface area contributed by atoms with Crippen LogP contribution >= 0.6 is 13.9 Å². The normalized spacial score (nSPS) is 29.4. The van der Waals surface area contributed by atoms with Gasteiger partial charge in [0.05, 0.1) is 19.3 Å². The molecule has 6 heterocycles. The molecule has 44 heavy (non-hydrogen) atoms. The molecule has 0 saturated carbocycles. The number of nitrogens with one attached hydrogen (secondary N) is 1. The molecule has 2 saturated heterocycles. The predicted molar refractivity (Wildman–Crippen MR) is 152 cm³/mol. The van der Waals surface area contributed by atoms with E-state index < -0.39 is 75.7 Å². The van der Waals surface area contributed by atoms with Gasteiger partial charge in [-0.15, -0.1) is 10.2 Å². The van der Waals surface area contributed by atoms with Crippen molar-refractivity contribution < 1.29 is 42.3 Å². The number of aliphatic hydroxyl groups is 1. The number of aliphatic hydroxyl groups excluding tert-OH is 1. The van der Waals surface area contributed by atoms with Crippen LogP contribution in [0, 0.1) is 0 Å². The first kappa shape index (κ1) is 31.3. The van der Waals surface area contributed by atoms with E-state index in [1.54, 1.807) is 0 Å². The second-order valence-corrected chi connectivity index (χ2v) is 14.1. The first-order chi connectivity index (χ1) is 21.0. The zero-order chi connectivity index (χ0) is 31.3. The summed E-state index contributed by atoms with van der Waals surface area (Å²) in [4.78, 5) is 47.1. The highest BCUT2D eigenvalue weighted by molar-refractivity contribution is 8.07. The monoisotopic (exact) mass is 696 g/mol. The first-order valence-electron chi connectivity index (χ1n) is 12.5. The van der Waals surface area contributed by atoms with Crippen LogP contribution in [0.15, 0.2) is 11.1 Å². The Hall–Kier alpha value is -2.73. The molecule has 2 aliphatic rings. The van der Waals surface area contributed by atoms with E-state index in [0.29, 0.717) is 0 Å². The third-order valence-corrected chi connectivity index (χ3v) is 9.00. The Kier molecular flexibility index (Phi) is 8.69. The van der Waals surface area contributed by atoms with E-state index in [2.05, 4.69) is 40.6 Å². The lowest BCUT2D eigenvalue weighted by Gasteiger charge is -2.25. The number of fused-ring (bicyclic) bond motifs is 2. The largest absolute Gasteiger partial charge is 0.394 e. The summed E-state index contributed by atoms with van der Waals surface area (Å²) in [5.74, 6) is -0.204. The Bertz CT molecular complexity index is 1830. The van der Waals surface area contributed by atoms with Gasteiger partial charge in [-0.3, -0.25) is 9.78 Å². The number of hydrogen-bond donors (Lipinski definition) is 6. The number of hydrogen-bond acceptors (Lipinski definition) is 18. The van der Waals surface area contributed by atoms with E-state index >= 15 is 4.39 Å². The molecular weight excluding hydrogens is 673 g/mol. The van der Waals surface area contributed by atoms with Crippen molar-refractivity contribution in [1.82, 2.24) is 49.9 Å². The van der Waals surface area contributed by atoms with Crippen LogP contribution < -0.4 is 17.0 Å². The minimum absolute atomic E-state index is 0.00875. The second kappa shape index (κ2) is 12.2. The summed E-state index contributed by atoms with van der Waals surface area (Å²) in [6.45, 7) is -5.18. The fourth-order valence-electron chi connectivity index (χ4n) is 4.78. The fraction of sp³-hybridized carbons (Fsp3) is 0.556. The minimum atomic E-state index is -4.17. The van der Waals surface area contributed by atoms with Crippen molar-refractivity contribution in [3.05, 3.63) is 16.7 Å². The van der Waals surface area contributed by atoms with Crippen LogP contribution in [-0.4, -0.2) is 109 Å². The lowest BCUT2D eigenvalue weighted by Crippen LogP contribution is -2.33. The van der Waals surface area contributed by atoms with Gasteiger partial charge < -0.3 is 49.4 Å².